The second-order valence-corrected chi connectivity index (χ2v) is 6.12. The molecule has 4 nitrogen and oxygen atoms in total. The van der Waals surface area contributed by atoms with Crippen LogP contribution in [0, 0.1) is 0 Å². The maximum atomic E-state index is 10.0. The molecule has 1 aromatic rings. The van der Waals surface area contributed by atoms with E-state index in [1.54, 1.807) is 6.07 Å². The van der Waals surface area contributed by atoms with Gasteiger partial charge in [-0.25, -0.2) is 0 Å². The summed E-state index contributed by atoms with van der Waals surface area (Å²) in [4.78, 5) is 0. The number of halogens is 2. The molecule has 1 aromatic carbocycles. The fourth-order valence-electron chi connectivity index (χ4n) is 2.48. The predicted molar refractivity (Wildman–Crippen MR) is 79.9 cm³/mol. The highest BCUT2D eigenvalue weighted by Gasteiger charge is 2.26. The van der Waals surface area contributed by atoms with Crippen LogP contribution in [0.5, 0.6) is 0 Å². The van der Waals surface area contributed by atoms with Crippen LogP contribution < -0.4 is 5.32 Å². The number of hydrogen-bond acceptors (Lipinski definition) is 4. The number of nitrogens with one attached hydrogen (secondary N) is 1. The molecule has 1 heterocycles. The van der Waals surface area contributed by atoms with Crippen molar-refractivity contribution in [3.63, 3.8) is 0 Å². The molecule has 0 aromatic heterocycles. The lowest BCUT2D eigenvalue weighted by atomic mass is 9.92. The second kappa shape index (κ2) is 5.40. The monoisotopic (exact) mass is 317 g/mol. The first-order chi connectivity index (χ1) is 9.16. The van der Waals surface area contributed by atoms with E-state index in [0.29, 0.717) is 21.4 Å². The molecule has 0 radical (unpaired) electrons. The Morgan fingerprint density at radius 3 is 2.68 bits per heavy atom. The van der Waals surface area contributed by atoms with Crippen molar-refractivity contribution in [3.8, 4) is 0 Å². The zero-order valence-electron chi connectivity index (χ0n) is 10.1. The van der Waals surface area contributed by atoms with E-state index in [9.17, 15) is 5.11 Å². The molecule has 0 saturated heterocycles. The highest BCUT2D eigenvalue weighted by Crippen LogP contribution is 2.48. The van der Waals surface area contributed by atoms with Crippen LogP contribution in [-0.2, 0) is 11.4 Å². The maximum absolute atomic E-state index is 10.0. The molecular weight excluding hydrogens is 305 g/mol. The van der Waals surface area contributed by atoms with Crippen molar-refractivity contribution in [2.75, 3.05) is 5.32 Å². The van der Waals surface area contributed by atoms with Gasteiger partial charge in [0.2, 0.25) is 0 Å². The van der Waals surface area contributed by atoms with Gasteiger partial charge in [-0.1, -0.05) is 36.0 Å². The van der Waals surface area contributed by atoms with Gasteiger partial charge in [0.1, 0.15) is 11.4 Å². The highest BCUT2D eigenvalue weighted by atomic mass is 35.5. The minimum Gasteiger partial charge on any atom is -0.391 e. The lowest BCUT2D eigenvalue weighted by molar-refractivity contribution is 0.116. The van der Waals surface area contributed by atoms with Gasteiger partial charge in [0, 0.05) is 0 Å². The third-order valence-electron chi connectivity index (χ3n) is 3.50. The van der Waals surface area contributed by atoms with Crippen LogP contribution >= 0.6 is 23.2 Å². The summed E-state index contributed by atoms with van der Waals surface area (Å²) in [5.41, 5.74) is 2.06. The average molecular weight is 318 g/mol. The Balaban J connectivity index is 1.93. The van der Waals surface area contributed by atoms with Gasteiger partial charge in [0.25, 0.3) is 0 Å². The van der Waals surface area contributed by atoms with Crippen LogP contribution in [0.4, 0.5) is 17.1 Å². The number of benzene rings is 1. The van der Waals surface area contributed by atoms with E-state index in [0.717, 1.165) is 42.7 Å². The first kappa shape index (κ1) is 13.4. The molecule has 1 saturated carbocycles. The molecule has 0 bridgehead atoms. The lowest BCUT2D eigenvalue weighted by Crippen LogP contribution is -2.36. The molecular formula is C12H13Cl2N3OS. The largest absolute Gasteiger partial charge is 0.391 e. The third kappa shape index (κ3) is 2.52. The van der Waals surface area contributed by atoms with Gasteiger partial charge in [0.05, 0.1) is 39.2 Å². The van der Waals surface area contributed by atoms with E-state index in [2.05, 4.69) is 14.0 Å². The Hall–Kier alpha value is -0.620. The van der Waals surface area contributed by atoms with Crippen molar-refractivity contribution in [3.05, 3.63) is 16.1 Å². The summed E-state index contributed by atoms with van der Waals surface area (Å²) in [5.74, 6) is 0. The van der Waals surface area contributed by atoms with Gasteiger partial charge < -0.3 is 10.4 Å². The summed E-state index contributed by atoms with van der Waals surface area (Å²) < 4.78 is 8.42. The second-order valence-electron chi connectivity index (χ2n) is 4.78. The van der Waals surface area contributed by atoms with E-state index in [1.807, 2.05) is 0 Å². The minimum atomic E-state index is -0.345. The van der Waals surface area contributed by atoms with Gasteiger partial charge in [-0.2, -0.15) is 8.73 Å². The van der Waals surface area contributed by atoms with Gasteiger partial charge in [-0.15, -0.1) is 0 Å². The topological polar surface area (TPSA) is 57.0 Å². The van der Waals surface area contributed by atoms with E-state index in [-0.39, 0.29) is 12.1 Å². The summed E-state index contributed by atoms with van der Waals surface area (Å²) in [6, 6.07) is 1.68. The normalized spacial score (nSPS) is 25.0. The standard InChI is InChI=1S/C12H13Cl2N3OS/c13-6-5-7(14)11-12(17-19-16-11)10(6)15-8-3-1-2-4-9(8)18/h5,8-9,15,18H,1-4H2/t8-,9-/m1/s1. The molecule has 2 N–H and O–H groups in total. The zero-order chi connectivity index (χ0) is 13.4. The fourth-order valence-corrected chi connectivity index (χ4v) is 3.64. The van der Waals surface area contributed by atoms with Gasteiger partial charge in [-0.3, -0.25) is 0 Å². The number of aliphatic hydroxyl groups is 1. The Labute approximate surface area is 125 Å². The van der Waals surface area contributed by atoms with Crippen LogP contribution in [0.25, 0.3) is 0 Å². The van der Waals surface area contributed by atoms with Crippen LogP contribution in [-0.4, -0.2) is 17.3 Å². The molecule has 1 aliphatic carbocycles. The first-order valence-corrected chi connectivity index (χ1v) is 7.70. The third-order valence-corrected chi connectivity index (χ3v) is 4.62. The smallest absolute Gasteiger partial charge is 0.130 e. The molecule has 2 atom stereocenters. The van der Waals surface area contributed by atoms with E-state index < -0.39 is 0 Å². The molecule has 2 aliphatic rings. The zero-order valence-corrected chi connectivity index (χ0v) is 12.4. The first-order valence-electron chi connectivity index (χ1n) is 6.21. The number of hydrogen-bond donors (Lipinski definition) is 2. The summed E-state index contributed by atoms with van der Waals surface area (Å²) in [6.45, 7) is 0. The molecule has 7 heteroatoms. The minimum absolute atomic E-state index is 0.0114. The van der Waals surface area contributed by atoms with Crippen molar-refractivity contribution in [2.45, 2.75) is 37.8 Å². The van der Waals surface area contributed by atoms with Crippen molar-refractivity contribution in [2.24, 2.45) is 8.73 Å². The molecule has 1 fully saturated rings. The van der Waals surface area contributed by atoms with Gasteiger partial charge in [-0.05, 0) is 18.9 Å². The van der Waals surface area contributed by atoms with E-state index in [1.165, 1.54) is 0 Å². The highest BCUT2D eigenvalue weighted by molar-refractivity contribution is 7.58. The van der Waals surface area contributed by atoms with Crippen molar-refractivity contribution < 1.29 is 5.11 Å². The van der Waals surface area contributed by atoms with E-state index in [4.69, 9.17) is 23.2 Å². The average Bonchev–Trinajstić information content (AvgIpc) is 2.86. The summed E-state index contributed by atoms with van der Waals surface area (Å²) in [5, 5.41) is 14.4. The summed E-state index contributed by atoms with van der Waals surface area (Å²) >= 11 is 13.4. The number of nitrogens with zero attached hydrogens (tertiary/aromatic N) is 2. The van der Waals surface area contributed by atoms with Crippen LogP contribution in [0.3, 0.4) is 0 Å². The SMILES string of the molecule is O[C@@H]1CCCC[C@H]1Nc1c(Cl)cc(Cl)c2c1N=S=N2. The molecule has 1 aliphatic heterocycles. The Morgan fingerprint density at radius 1 is 1.16 bits per heavy atom. The lowest BCUT2D eigenvalue weighted by Gasteiger charge is -2.30. The molecule has 0 unspecified atom stereocenters. The number of rotatable bonds is 2. The molecule has 19 heavy (non-hydrogen) atoms. The molecule has 0 spiro atoms. The van der Waals surface area contributed by atoms with Crippen LogP contribution in [0.2, 0.25) is 10.0 Å². The Kier molecular flexibility index (Phi) is 3.80. The quantitative estimate of drug-likeness (QED) is 0.860. The Bertz CT molecular complexity index is 587. The van der Waals surface area contributed by atoms with Gasteiger partial charge in [0.15, 0.2) is 0 Å². The van der Waals surface area contributed by atoms with Gasteiger partial charge >= 0.3 is 0 Å². The predicted octanol–water partition coefficient (Wildman–Crippen LogP) is 4.44. The van der Waals surface area contributed by atoms with Crippen molar-refractivity contribution >= 4 is 51.6 Å². The Morgan fingerprint density at radius 2 is 1.89 bits per heavy atom. The summed E-state index contributed by atoms with van der Waals surface area (Å²) in [6.07, 6.45) is 3.59. The number of anilines is 1. The molecule has 102 valence electrons. The molecule has 3 rings (SSSR count). The number of aliphatic hydroxyl groups excluding tert-OH is 1. The summed E-state index contributed by atoms with van der Waals surface area (Å²) in [7, 11) is 0. The molecule has 0 amide bonds. The van der Waals surface area contributed by atoms with Crippen molar-refractivity contribution in [1.82, 2.24) is 0 Å². The van der Waals surface area contributed by atoms with Crippen LogP contribution in [0.1, 0.15) is 25.7 Å². The van der Waals surface area contributed by atoms with Crippen LogP contribution in [0.15, 0.2) is 14.8 Å². The fraction of sp³-hybridized carbons (Fsp3) is 0.500. The number of fused-ring (bicyclic) bond motifs is 1. The van der Waals surface area contributed by atoms with E-state index >= 15 is 0 Å². The maximum Gasteiger partial charge on any atom is 0.130 e. The van der Waals surface area contributed by atoms with Crippen molar-refractivity contribution in [1.29, 1.82) is 0 Å².